The number of thioether (sulfide) groups is 1. The molecule has 1 unspecified atom stereocenters. The first-order chi connectivity index (χ1) is 7.09. The second-order valence-electron chi connectivity index (χ2n) is 3.21. The summed E-state index contributed by atoms with van der Waals surface area (Å²) in [7, 11) is 0. The van der Waals surface area contributed by atoms with E-state index in [-0.39, 0.29) is 18.4 Å². The first kappa shape index (κ1) is 15.5. The number of alkyl halides is 5. The number of halogens is 5. The molecule has 1 atom stereocenters. The molecule has 0 fully saturated rings. The highest BCUT2D eigenvalue weighted by Gasteiger charge is 2.58. The van der Waals surface area contributed by atoms with Crippen molar-refractivity contribution in [3.8, 4) is 0 Å². The van der Waals surface area contributed by atoms with Crippen LogP contribution in [-0.4, -0.2) is 40.6 Å². The second kappa shape index (κ2) is 5.70. The first-order valence-corrected chi connectivity index (χ1v) is 5.43. The highest BCUT2D eigenvalue weighted by Crippen LogP contribution is 2.39. The summed E-state index contributed by atoms with van der Waals surface area (Å²) in [5.74, 6) is -11.0. The van der Waals surface area contributed by atoms with Gasteiger partial charge >= 0.3 is 17.8 Å². The van der Waals surface area contributed by atoms with Gasteiger partial charge in [0.25, 0.3) is 0 Å². The van der Waals surface area contributed by atoms with Gasteiger partial charge in [0.15, 0.2) is 6.17 Å². The summed E-state index contributed by atoms with van der Waals surface area (Å²) in [5, 5.41) is 8.19. The van der Waals surface area contributed by atoms with Gasteiger partial charge in [0.1, 0.15) is 0 Å². The van der Waals surface area contributed by atoms with Crippen LogP contribution in [0, 0.1) is 0 Å². The zero-order valence-electron chi connectivity index (χ0n) is 8.35. The summed E-state index contributed by atoms with van der Waals surface area (Å²) in [4.78, 5) is 10.0. The molecule has 0 rings (SSSR count). The third-order valence-electron chi connectivity index (χ3n) is 1.72. The van der Waals surface area contributed by atoms with Crippen molar-refractivity contribution in [1.29, 1.82) is 0 Å². The molecule has 0 aromatic carbocycles. The van der Waals surface area contributed by atoms with Crippen LogP contribution in [0.4, 0.5) is 22.0 Å². The molecule has 0 saturated heterocycles. The van der Waals surface area contributed by atoms with E-state index in [4.69, 9.17) is 5.11 Å². The van der Waals surface area contributed by atoms with Crippen LogP contribution in [0.5, 0.6) is 0 Å². The van der Waals surface area contributed by atoms with E-state index in [2.05, 4.69) is 0 Å². The summed E-state index contributed by atoms with van der Waals surface area (Å²) in [6.07, 6.45) is -3.79. The topological polar surface area (TPSA) is 37.3 Å². The van der Waals surface area contributed by atoms with E-state index >= 15 is 0 Å². The van der Waals surface area contributed by atoms with Crippen LogP contribution >= 0.6 is 11.8 Å². The minimum absolute atomic E-state index is 0.0516. The van der Waals surface area contributed by atoms with E-state index in [0.29, 0.717) is 11.8 Å². The molecule has 0 aromatic rings. The summed E-state index contributed by atoms with van der Waals surface area (Å²) < 4.78 is 62.7. The summed E-state index contributed by atoms with van der Waals surface area (Å²) in [6.45, 7) is -0.0516. The maximum absolute atomic E-state index is 12.8. The molecule has 0 heterocycles. The van der Waals surface area contributed by atoms with Gasteiger partial charge in [-0.2, -0.15) is 20.5 Å². The Labute approximate surface area is 93.2 Å². The number of hydrogen-bond acceptors (Lipinski definition) is 2. The van der Waals surface area contributed by atoms with Crippen LogP contribution in [0.3, 0.4) is 0 Å². The van der Waals surface area contributed by atoms with E-state index < -0.39 is 30.4 Å². The molecule has 2 nitrogen and oxygen atoms in total. The SMILES string of the molecule is CC(F)(F)C(F)(F)C(F)CCSCC(=O)O. The Kier molecular flexibility index (Phi) is 5.51. The lowest BCUT2D eigenvalue weighted by Gasteiger charge is -2.26. The lowest BCUT2D eigenvalue weighted by Crippen LogP contribution is -2.46. The van der Waals surface area contributed by atoms with E-state index in [1.54, 1.807) is 0 Å². The Bertz CT molecular complexity index is 241. The lowest BCUT2D eigenvalue weighted by atomic mass is 10.1. The monoisotopic (exact) mass is 266 g/mol. The molecule has 0 amide bonds. The molecule has 0 bridgehead atoms. The number of hydrogen-bond donors (Lipinski definition) is 1. The maximum Gasteiger partial charge on any atom is 0.340 e. The van der Waals surface area contributed by atoms with Gasteiger partial charge in [0.05, 0.1) is 5.75 Å². The Balaban J connectivity index is 4.06. The van der Waals surface area contributed by atoms with Gasteiger partial charge in [-0.05, 0) is 12.2 Å². The minimum Gasteiger partial charge on any atom is -0.481 e. The van der Waals surface area contributed by atoms with Crippen LogP contribution in [0.1, 0.15) is 13.3 Å². The number of carboxylic acid groups (broad SMARTS) is 1. The Morgan fingerprint density at radius 1 is 1.38 bits per heavy atom. The number of carboxylic acids is 1. The van der Waals surface area contributed by atoms with Crippen LogP contribution < -0.4 is 0 Å². The second-order valence-corrected chi connectivity index (χ2v) is 4.32. The van der Waals surface area contributed by atoms with Crippen molar-refractivity contribution in [2.75, 3.05) is 11.5 Å². The standard InChI is InChI=1S/C8H11F5O2S/c1-7(10,11)8(12,13)5(9)2-3-16-4-6(14)15/h5H,2-4H2,1H3,(H,14,15). The van der Waals surface area contributed by atoms with Crippen molar-refractivity contribution in [3.63, 3.8) is 0 Å². The zero-order valence-corrected chi connectivity index (χ0v) is 9.17. The van der Waals surface area contributed by atoms with Crippen molar-refractivity contribution in [1.82, 2.24) is 0 Å². The molecule has 0 aliphatic carbocycles. The van der Waals surface area contributed by atoms with E-state index in [1.165, 1.54) is 0 Å². The molecule has 0 spiro atoms. The van der Waals surface area contributed by atoms with Crippen LogP contribution in [-0.2, 0) is 4.79 Å². The highest BCUT2D eigenvalue weighted by molar-refractivity contribution is 7.99. The molecule has 0 radical (unpaired) electrons. The van der Waals surface area contributed by atoms with E-state index in [0.717, 1.165) is 0 Å². The van der Waals surface area contributed by atoms with E-state index in [1.807, 2.05) is 0 Å². The molecular weight excluding hydrogens is 255 g/mol. The third kappa shape index (κ3) is 4.54. The highest BCUT2D eigenvalue weighted by atomic mass is 32.2. The molecule has 96 valence electrons. The van der Waals surface area contributed by atoms with Crippen molar-refractivity contribution < 1.29 is 31.9 Å². The lowest BCUT2D eigenvalue weighted by molar-refractivity contribution is -0.229. The van der Waals surface area contributed by atoms with Gasteiger partial charge in [-0.3, -0.25) is 4.79 Å². The number of aliphatic carboxylic acids is 1. The fourth-order valence-electron chi connectivity index (χ4n) is 0.803. The zero-order chi connectivity index (χ0) is 13.0. The van der Waals surface area contributed by atoms with Crippen molar-refractivity contribution in [2.45, 2.75) is 31.4 Å². The van der Waals surface area contributed by atoms with Gasteiger partial charge in [-0.25, -0.2) is 13.2 Å². The predicted octanol–water partition coefficient (Wildman–Crippen LogP) is 2.82. The molecule has 8 heteroatoms. The number of rotatable bonds is 7. The Morgan fingerprint density at radius 3 is 2.25 bits per heavy atom. The third-order valence-corrected chi connectivity index (χ3v) is 2.70. The van der Waals surface area contributed by atoms with E-state index in [9.17, 15) is 26.7 Å². The molecular formula is C8H11F5O2S. The summed E-state index contributed by atoms with van der Waals surface area (Å²) in [6, 6.07) is 0. The Morgan fingerprint density at radius 2 is 1.88 bits per heavy atom. The molecule has 0 aliphatic rings. The fourth-order valence-corrected chi connectivity index (χ4v) is 1.50. The normalized spacial score (nSPS) is 14.9. The van der Waals surface area contributed by atoms with Crippen molar-refractivity contribution in [3.05, 3.63) is 0 Å². The van der Waals surface area contributed by atoms with Gasteiger partial charge in [-0.1, -0.05) is 0 Å². The predicted molar refractivity (Wildman–Crippen MR) is 50.0 cm³/mol. The van der Waals surface area contributed by atoms with Crippen molar-refractivity contribution in [2.24, 2.45) is 0 Å². The largest absolute Gasteiger partial charge is 0.481 e. The average Bonchev–Trinajstić information content (AvgIpc) is 2.09. The first-order valence-electron chi connectivity index (χ1n) is 4.28. The quantitative estimate of drug-likeness (QED) is 0.568. The molecule has 0 aliphatic heterocycles. The summed E-state index contributed by atoms with van der Waals surface area (Å²) in [5.41, 5.74) is 0. The molecule has 1 N–H and O–H groups in total. The van der Waals surface area contributed by atoms with Gasteiger partial charge < -0.3 is 5.11 Å². The molecule has 0 saturated carbocycles. The number of carbonyl (C=O) groups is 1. The molecule has 0 aromatic heterocycles. The molecule has 16 heavy (non-hydrogen) atoms. The minimum atomic E-state index is -4.73. The van der Waals surface area contributed by atoms with Crippen LogP contribution in [0.25, 0.3) is 0 Å². The average molecular weight is 266 g/mol. The summed E-state index contributed by atoms with van der Waals surface area (Å²) >= 11 is 0.699. The van der Waals surface area contributed by atoms with Gasteiger partial charge in [0, 0.05) is 6.92 Å². The fraction of sp³-hybridized carbons (Fsp3) is 0.875. The van der Waals surface area contributed by atoms with Crippen molar-refractivity contribution >= 4 is 17.7 Å². The van der Waals surface area contributed by atoms with Gasteiger partial charge in [-0.15, -0.1) is 0 Å². The maximum atomic E-state index is 12.8. The van der Waals surface area contributed by atoms with Crippen LogP contribution in [0.15, 0.2) is 0 Å². The Hall–Kier alpha value is -0.530. The van der Waals surface area contributed by atoms with Gasteiger partial charge in [0.2, 0.25) is 0 Å². The smallest absolute Gasteiger partial charge is 0.340 e. The van der Waals surface area contributed by atoms with Crippen LogP contribution in [0.2, 0.25) is 0 Å².